The van der Waals surface area contributed by atoms with Gasteiger partial charge in [-0.25, -0.2) is 0 Å². The van der Waals surface area contributed by atoms with E-state index in [0.717, 1.165) is 36.9 Å². The van der Waals surface area contributed by atoms with Gasteiger partial charge in [0.25, 0.3) is 0 Å². The molecule has 1 aliphatic rings. The van der Waals surface area contributed by atoms with Crippen molar-refractivity contribution in [1.29, 1.82) is 0 Å². The van der Waals surface area contributed by atoms with E-state index >= 15 is 0 Å². The monoisotopic (exact) mass is 226 g/mol. The molecule has 3 unspecified atom stereocenters. The van der Waals surface area contributed by atoms with E-state index < -0.39 is 0 Å². The highest BCUT2D eigenvalue weighted by Gasteiger charge is 2.29. The summed E-state index contributed by atoms with van der Waals surface area (Å²) in [5, 5.41) is 3.60. The highest BCUT2D eigenvalue weighted by molar-refractivity contribution is 4.84. The molecule has 1 heterocycles. The molecule has 0 aromatic heterocycles. The second-order valence-electron chi connectivity index (χ2n) is 6.02. The summed E-state index contributed by atoms with van der Waals surface area (Å²) in [5.41, 5.74) is 0. The Morgan fingerprint density at radius 2 is 1.69 bits per heavy atom. The molecule has 0 spiro atoms. The van der Waals surface area contributed by atoms with E-state index in [1.165, 1.54) is 19.5 Å². The minimum absolute atomic E-state index is 0.742. The molecule has 0 aromatic carbocycles. The van der Waals surface area contributed by atoms with Crippen molar-refractivity contribution in [1.82, 2.24) is 10.2 Å². The first-order valence-electron chi connectivity index (χ1n) is 6.99. The van der Waals surface area contributed by atoms with Crippen LogP contribution in [0.1, 0.15) is 41.0 Å². The topological polar surface area (TPSA) is 15.3 Å². The Hall–Kier alpha value is -0.0800. The maximum absolute atomic E-state index is 3.60. The fourth-order valence-corrected chi connectivity index (χ4v) is 2.54. The second kappa shape index (κ2) is 6.61. The van der Waals surface area contributed by atoms with Crippen molar-refractivity contribution < 1.29 is 0 Å². The zero-order valence-electron chi connectivity index (χ0n) is 11.8. The van der Waals surface area contributed by atoms with Gasteiger partial charge < -0.3 is 5.32 Å². The number of hydrogen-bond acceptors (Lipinski definition) is 2. The zero-order valence-corrected chi connectivity index (χ0v) is 11.8. The van der Waals surface area contributed by atoms with Crippen molar-refractivity contribution in [3.8, 4) is 0 Å². The van der Waals surface area contributed by atoms with E-state index in [9.17, 15) is 0 Å². The molecule has 3 atom stereocenters. The van der Waals surface area contributed by atoms with Gasteiger partial charge in [0.2, 0.25) is 0 Å². The largest absolute Gasteiger partial charge is 0.315 e. The number of nitrogens with zero attached hydrogens (tertiary/aromatic N) is 1. The number of likely N-dealkylation sites (tertiary alicyclic amines) is 1. The normalized spacial score (nSPS) is 28.9. The Bertz CT molecular complexity index is 181. The van der Waals surface area contributed by atoms with Gasteiger partial charge in [0.05, 0.1) is 0 Å². The van der Waals surface area contributed by atoms with Crippen molar-refractivity contribution in [2.75, 3.05) is 26.2 Å². The van der Waals surface area contributed by atoms with Gasteiger partial charge in [-0.2, -0.15) is 0 Å². The third-order valence-corrected chi connectivity index (χ3v) is 3.94. The smallest absolute Gasteiger partial charge is 0.0218 e. The van der Waals surface area contributed by atoms with E-state index in [0.29, 0.717) is 0 Å². The van der Waals surface area contributed by atoms with Crippen molar-refractivity contribution in [3.05, 3.63) is 0 Å². The fourth-order valence-electron chi connectivity index (χ4n) is 2.54. The van der Waals surface area contributed by atoms with Crippen molar-refractivity contribution in [2.24, 2.45) is 17.8 Å². The molecule has 0 radical (unpaired) electrons. The molecule has 1 N–H and O–H groups in total. The molecule has 2 nitrogen and oxygen atoms in total. The van der Waals surface area contributed by atoms with Crippen LogP contribution in [-0.4, -0.2) is 37.1 Å². The maximum atomic E-state index is 3.60. The molecule has 0 amide bonds. The van der Waals surface area contributed by atoms with Crippen LogP contribution in [0.5, 0.6) is 0 Å². The van der Waals surface area contributed by atoms with Crippen molar-refractivity contribution in [2.45, 2.75) is 47.1 Å². The van der Waals surface area contributed by atoms with Crippen LogP contribution < -0.4 is 5.32 Å². The molecule has 1 aliphatic heterocycles. The molecule has 96 valence electrons. The number of rotatable bonds is 6. The lowest BCUT2D eigenvalue weighted by atomic mass is 10.0. The van der Waals surface area contributed by atoms with Crippen LogP contribution in [0, 0.1) is 17.8 Å². The van der Waals surface area contributed by atoms with Crippen LogP contribution in [0.25, 0.3) is 0 Å². The van der Waals surface area contributed by atoms with Gasteiger partial charge in [0.1, 0.15) is 0 Å². The van der Waals surface area contributed by atoms with Crippen molar-refractivity contribution in [3.63, 3.8) is 0 Å². The van der Waals surface area contributed by atoms with Crippen LogP contribution >= 0.6 is 0 Å². The Morgan fingerprint density at radius 1 is 1.12 bits per heavy atom. The van der Waals surface area contributed by atoms with E-state index in [1.54, 1.807) is 0 Å². The lowest BCUT2D eigenvalue weighted by Crippen LogP contribution is -2.41. The van der Waals surface area contributed by atoms with E-state index in [4.69, 9.17) is 0 Å². The summed E-state index contributed by atoms with van der Waals surface area (Å²) in [6.45, 7) is 16.5. The third-order valence-electron chi connectivity index (χ3n) is 3.94. The average molecular weight is 226 g/mol. The number of nitrogens with one attached hydrogen (secondary N) is 1. The Balaban J connectivity index is 2.31. The second-order valence-corrected chi connectivity index (χ2v) is 6.02. The summed E-state index contributed by atoms with van der Waals surface area (Å²) in [6, 6.07) is 0.742. The fraction of sp³-hybridized carbons (Fsp3) is 1.00. The van der Waals surface area contributed by atoms with Gasteiger partial charge in [0.15, 0.2) is 0 Å². The predicted molar refractivity (Wildman–Crippen MR) is 71.7 cm³/mol. The summed E-state index contributed by atoms with van der Waals surface area (Å²) in [4.78, 5) is 2.68. The van der Waals surface area contributed by atoms with E-state index in [-0.39, 0.29) is 0 Å². The first-order chi connectivity index (χ1) is 7.54. The Labute approximate surface area is 102 Å². The van der Waals surface area contributed by atoms with Crippen LogP contribution in [0.2, 0.25) is 0 Å². The Kier molecular flexibility index (Phi) is 5.77. The summed E-state index contributed by atoms with van der Waals surface area (Å²) in [6.07, 6.45) is 1.27. The molecule has 0 saturated carbocycles. The van der Waals surface area contributed by atoms with Gasteiger partial charge in [-0.15, -0.1) is 0 Å². The molecule has 0 bridgehead atoms. The number of hydrogen-bond donors (Lipinski definition) is 1. The maximum Gasteiger partial charge on any atom is 0.0218 e. The quantitative estimate of drug-likeness (QED) is 0.749. The summed E-state index contributed by atoms with van der Waals surface area (Å²) < 4.78 is 0. The molecule has 0 aliphatic carbocycles. The standard InChI is InChI=1S/C14H30N2/c1-6-14(8-15-7-11(2)3)16-9-12(4)13(5)10-16/h11-15H,6-10H2,1-5H3. The lowest BCUT2D eigenvalue weighted by molar-refractivity contribution is 0.218. The zero-order chi connectivity index (χ0) is 12.1. The Morgan fingerprint density at radius 3 is 2.12 bits per heavy atom. The minimum atomic E-state index is 0.742. The molecular weight excluding hydrogens is 196 g/mol. The first kappa shape index (κ1) is 14.0. The summed E-state index contributed by atoms with van der Waals surface area (Å²) >= 11 is 0. The van der Waals surface area contributed by atoms with Crippen LogP contribution in [0.3, 0.4) is 0 Å². The average Bonchev–Trinajstić information content (AvgIpc) is 2.53. The summed E-state index contributed by atoms with van der Waals surface area (Å²) in [5.74, 6) is 2.51. The van der Waals surface area contributed by atoms with Crippen LogP contribution in [0.4, 0.5) is 0 Å². The molecule has 2 heteroatoms. The van der Waals surface area contributed by atoms with E-state index in [1.807, 2.05) is 0 Å². The van der Waals surface area contributed by atoms with Gasteiger partial charge in [-0.1, -0.05) is 34.6 Å². The lowest BCUT2D eigenvalue weighted by Gasteiger charge is -2.27. The van der Waals surface area contributed by atoms with E-state index in [2.05, 4.69) is 44.8 Å². The highest BCUT2D eigenvalue weighted by Crippen LogP contribution is 2.24. The molecule has 1 rings (SSSR count). The van der Waals surface area contributed by atoms with Gasteiger partial charge in [0, 0.05) is 25.7 Å². The van der Waals surface area contributed by atoms with Crippen molar-refractivity contribution >= 4 is 0 Å². The molecule has 0 aromatic rings. The summed E-state index contributed by atoms with van der Waals surface area (Å²) in [7, 11) is 0. The predicted octanol–water partition coefficient (Wildman–Crippen LogP) is 2.60. The SMILES string of the molecule is CCC(CNCC(C)C)N1CC(C)C(C)C1. The van der Waals surface area contributed by atoms with Crippen LogP contribution in [0.15, 0.2) is 0 Å². The molecule has 1 saturated heterocycles. The molecule has 1 fully saturated rings. The van der Waals surface area contributed by atoms with Gasteiger partial charge >= 0.3 is 0 Å². The van der Waals surface area contributed by atoms with Gasteiger partial charge in [-0.05, 0) is 30.7 Å². The highest BCUT2D eigenvalue weighted by atomic mass is 15.2. The minimum Gasteiger partial charge on any atom is -0.315 e. The van der Waals surface area contributed by atoms with Crippen LogP contribution in [-0.2, 0) is 0 Å². The molecular formula is C14H30N2. The van der Waals surface area contributed by atoms with Gasteiger partial charge in [-0.3, -0.25) is 4.90 Å². The molecule has 16 heavy (non-hydrogen) atoms. The third kappa shape index (κ3) is 4.06. The first-order valence-corrected chi connectivity index (χ1v) is 6.99.